The maximum absolute atomic E-state index is 6.59. The number of fused-ring (bicyclic) bond motifs is 10. The van der Waals surface area contributed by atoms with Crippen LogP contribution >= 0.6 is 0 Å². The highest BCUT2D eigenvalue weighted by atomic mass is 16.3. The summed E-state index contributed by atoms with van der Waals surface area (Å²) < 4.78 is 13.6. The predicted octanol–water partition coefficient (Wildman–Crippen LogP) is 16.0. The third kappa shape index (κ3) is 5.71. The van der Waals surface area contributed by atoms with Crippen molar-refractivity contribution in [1.29, 1.82) is 0 Å². The average molecular weight is 870 g/mol. The largest absolute Gasteiger partial charge is 0.455 e. The Bertz CT molecular complexity index is 4190. The first-order valence-electron chi connectivity index (χ1n) is 23.0. The van der Waals surface area contributed by atoms with E-state index < -0.39 is 0 Å². The van der Waals surface area contributed by atoms with Crippen molar-refractivity contribution in [3.8, 4) is 62.1 Å². The number of benzene rings is 10. The molecule has 318 valence electrons. The number of furan rings is 1. The molecular weight excluding hydrogens is 831 g/mol. The topological polar surface area (TPSA) is 53.7 Å². The molecule has 0 saturated heterocycles. The van der Waals surface area contributed by atoms with E-state index in [4.69, 9.17) is 14.6 Å². The Kier molecular flexibility index (Phi) is 8.48. The highest BCUT2D eigenvalue weighted by molar-refractivity contribution is 6.24. The van der Waals surface area contributed by atoms with E-state index in [1.54, 1.807) is 0 Å². The minimum absolute atomic E-state index is 0.777. The van der Waals surface area contributed by atoms with Crippen LogP contribution in [0.5, 0.6) is 0 Å². The molecule has 6 heteroatoms. The van der Waals surface area contributed by atoms with Crippen LogP contribution < -0.4 is 0 Å². The maximum Gasteiger partial charge on any atom is 0.168 e. The molecule has 0 N–H and O–H groups in total. The molecule has 0 aliphatic rings. The fourth-order valence-electron chi connectivity index (χ4n) is 10.7. The molecule has 0 atom stereocenters. The van der Waals surface area contributed by atoms with Gasteiger partial charge in [0.25, 0.3) is 0 Å². The zero-order valence-corrected chi connectivity index (χ0v) is 36.7. The van der Waals surface area contributed by atoms with E-state index in [-0.39, 0.29) is 0 Å². The predicted molar refractivity (Wildman–Crippen MR) is 279 cm³/mol. The third-order valence-electron chi connectivity index (χ3n) is 13.6. The van der Waals surface area contributed by atoms with Gasteiger partial charge < -0.3 is 13.6 Å². The van der Waals surface area contributed by atoms with Crippen molar-refractivity contribution >= 4 is 65.6 Å². The number of hydrogen-bond acceptors (Lipinski definition) is 3. The van der Waals surface area contributed by atoms with Gasteiger partial charge >= 0.3 is 0 Å². The van der Waals surface area contributed by atoms with Gasteiger partial charge in [-0.3, -0.25) is 4.57 Å². The normalized spacial score (nSPS) is 11.8. The number of rotatable bonds is 7. The minimum atomic E-state index is 0.777. The fraction of sp³-hybridized carbons (Fsp3) is 0. The van der Waals surface area contributed by atoms with E-state index in [1.807, 2.05) is 18.2 Å². The van der Waals surface area contributed by atoms with Crippen LogP contribution in [0.15, 0.2) is 241 Å². The molecule has 10 aromatic carbocycles. The van der Waals surface area contributed by atoms with Crippen LogP contribution in [0.2, 0.25) is 0 Å². The molecule has 14 aromatic rings. The molecular formula is C62H39N5O. The summed E-state index contributed by atoms with van der Waals surface area (Å²) in [6.07, 6.45) is 0. The maximum atomic E-state index is 6.59. The Balaban J connectivity index is 0.948. The highest BCUT2D eigenvalue weighted by Gasteiger charge is 2.25. The molecule has 0 radical (unpaired) electrons. The Labute approximate surface area is 390 Å². The quantitative estimate of drug-likeness (QED) is 0.160. The van der Waals surface area contributed by atoms with Crippen molar-refractivity contribution in [1.82, 2.24) is 23.9 Å². The Morgan fingerprint density at radius 1 is 0.309 bits per heavy atom. The lowest BCUT2D eigenvalue weighted by Gasteiger charge is -2.19. The molecule has 14 rings (SSSR count). The van der Waals surface area contributed by atoms with Crippen molar-refractivity contribution in [3.63, 3.8) is 0 Å². The second kappa shape index (κ2) is 15.2. The van der Waals surface area contributed by atoms with Gasteiger partial charge in [0.15, 0.2) is 11.6 Å². The summed E-state index contributed by atoms with van der Waals surface area (Å²) in [4.78, 5) is 0. The first-order valence-corrected chi connectivity index (χ1v) is 23.0. The lowest BCUT2D eigenvalue weighted by Crippen LogP contribution is -2.05. The molecule has 0 unspecified atom stereocenters. The van der Waals surface area contributed by atoms with Crippen LogP contribution in [0.4, 0.5) is 0 Å². The molecule has 0 bridgehead atoms. The standard InChI is InChI=1S/C62H39N5O/c1-3-18-41(19-4-1)61-63-64-62(42-20-5-2-6-21-42)67(61)56-32-17-28-49-47-25-10-14-30-53(47)66(59(49)56)52-29-13-9-24-46(52)45-23-8-7-22-44(45)40-34-36-43(37-35-40)65-54-31-15-11-27-51(54)58-55(65)39-38-50-48-26-12-16-33-57(48)68-60(50)58/h1-39H. The van der Waals surface area contributed by atoms with E-state index in [0.29, 0.717) is 0 Å². The zero-order valence-electron chi connectivity index (χ0n) is 36.7. The molecule has 68 heavy (non-hydrogen) atoms. The number of aromatic nitrogens is 5. The number of para-hydroxylation sites is 5. The fourth-order valence-corrected chi connectivity index (χ4v) is 10.7. The van der Waals surface area contributed by atoms with Crippen LogP contribution in [0.1, 0.15) is 0 Å². The van der Waals surface area contributed by atoms with Gasteiger partial charge in [-0.25, -0.2) is 0 Å². The van der Waals surface area contributed by atoms with Crippen LogP contribution in [-0.2, 0) is 0 Å². The van der Waals surface area contributed by atoms with Crippen molar-refractivity contribution in [2.24, 2.45) is 0 Å². The van der Waals surface area contributed by atoms with Crippen LogP contribution in [0, 0.1) is 0 Å². The molecule has 0 amide bonds. The molecule has 0 saturated carbocycles. The SMILES string of the molecule is c1ccc(-c2nnc(-c3ccccc3)n2-c2cccc3c4ccccc4n(-c4ccccc4-c4ccccc4-c4ccc(-n5c6ccccc6c6c7oc8ccccc8c7ccc65)cc4)c23)cc1. The average Bonchev–Trinajstić information content (AvgIpc) is 4.19. The molecule has 6 nitrogen and oxygen atoms in total. The molecule has 0 aliphatic heterocycles. The van der Waals surface area contributed by atoms with Crippen LogP contribution in [-0.4, -0.2) is 23.9 Å². The van der Waals surface area contributed by atoms with Gasteiger partial charge in [0.05, 0.1) is 38.8 Å². The second-order valence-corrected chi connectivity index (χ2v) is 17.3. The smallest absolute Gasteiger partial charge is 0.168 e. The summed E-state index contributed by atoms with van der Waals surface area (Å²) in [5.41, 5.74) is 16.0. The summed E-state index contributed by atoms with van der Waals surface area (Å²) in [7, 11) is 0. The van der Waals surface area contributed by atoms with E-state index in [9.17, 15) is 0 Å². The van der Waals surface area contributed by atoms with Gasteiger partial charge in [0, 0.05) is 49.3 Å². The van der Waals surface area contributed by atoms with Crippen molar-refractivity contribution in [2.75, 3.05) is 0 Å². The first kappa shape index (κ1) is 38.1. The van der Waals surface area contributed by atoms with E-state index in [2.05, 4.69) is 232 Å². The summed E-state index contributed by atoms with van der Waals surface area (Å²) in [6, 6.07) is 84.0. The molecule has 4 aromatic heterocycles. The number of nitrogens with zero attached hydrogens (tertiary/aromatic N) is 5. The molecule has 4 heterocycles. The van der Waals surface area contributed by atoms with Crippen LogP contribution in [0.3, 0.4) is 0 Å². The molecule has 0 aliphatic carbocycles. The highest BCUT2D eigenvalue weighted by Crippen LogP contribution is 2.44. The summed E-state index contributed by atoms with van der Waals surface area (Å²) >= 11 is 0. The lowest BCUT2D eigenvalue weighted by molar-refractivity contribution is 0.673. The van der Waals surface area contributed by atoms with Gasteiger partial charge in [0.2, 0.25) is 0 Å². The summed E-state index contributed by atoms with van der Waals surface area (Å²) in [6.45, 7) is 0. The van der Waals surface area contributed by atoms with E-state index in [1.165, 1.54) is 10.8 Å². The lowest BCUT2D eigenvalue weighted by atomic mass is 9.93. The first-order chi connectivity index (χ1) is 33.8. The molecule has 0 spiro atoms. The van der Waals surface area contributed by atoms with Gasteiger partial charge in [-0.1, -0.05) is 182 Å². The van der Waals surface area contributed by atoms with Crippen LogP contribution in [0.25, 0.3) is 128 Å². The van der Waals surface area contributed by atoms with Gasteiger partial charge in [-0.15, -0.1) is 10.2 Å². The minimum Gasteiger partial charge on any atom is -0.455 e. The van der Waals surface area contributed by atoms with E-state index in [0.717, 1.165) is 117 Å². The Morgan fingerprint density at radius 2 is 0.868 bits per heavy atom. The molecule has 0 fully saturated rings. The van der Waals surface area contributed by atoms with Crippen molar-refractivity contribution < 1.29 is 4.42 Å². The zero-order chi connectivity index (χ0) is 44.7. The third-order valence-corrected chi connectivity index (χ3v) is 13.6. The monoisotopic (exact) mass is 869 g/mol. The Morgan fingerprint density at radius 3 is 1.60 bits per heavy atom. The van der Waals surface area contributed by atoms with E-state index >= 15 is 0 Å². The summed E-state index contributed by atoms with van der Waals surface area (Å²) in [5, 5.41) is 16.7. The summed E-state index contributed by atoms with van der Waals surface area (Å²) in [5.74, 6) is 1.55. The van der Waals surface area contributed by atoms with Crippen molar-refractivity contribution in [2.45, 2.75) is 0 Å². The van der Waals surface area contributed by atoms with Gasteiger partial charge in [-0.05, 0) is 71.3 Å². The number of hydrogen-bond donors (Lipinski definition) is 0. The Hall–Kier alpha value is -9.26. The van der Waals surface area contributed by atoms with Gasteiger partial charge in [0.1, 0.15) is 11.2 Å². The second-order valence-electron chi connectivity index (χ2n) is 17.3. The van der Waals surface area contributed by atoms with Gasteiger partial charge in [-0.2, -0.15) is 0 Å². The van der Waals surface area contributed by atoms with Crippen molar-refractivity contribution in [3.05, 3.63) is 237 Å².